The average Bonchev–Trinajstić information content (AvgIpc) is 2.73. The van der Waals surface area contributed by atoms with Crippen molar-refractivity contribution in [1.82, 2.24) is 15.0 Å². The number of aromatic nitrogens is 3. The standard InChI is InChI=1S/C23H19N5O/c1-23(2,13-24)18-7-5-14(6-8-18)19-12-27-22(25)21(28-19)15-3-4-16-11-26-20(29)10-17(16)9-15/h3-12H,1-2H3,(H2,25,27)(H,26,29). The Hall–Kier alpha value is -3.98. The topological polar surface area (TPSA) is 108 Å². The number of anilines is 1. The van der Waals surface area contributed by atoms with E-state index in [4.69, 9.17) is 10.7 Å². The Morgan fingerprint density at radius 2 is 1.76 bits per heavy atom. The van der Waals surface area contributed by atoms with Crippen LogP contribution in [-0.4, -0.2) is 15.0 Å². The van der Waals surface area contributed by atoms with Gasteiger partial charge in [0, 0.05) is 23.4 Å². The maximum absolute atomic E-state index is 11.6. The average molecular weight is 381 g/mol. The van der Waals surface area contributed by atoms with Crippen molar-refractivity contribution in [3.63, 3.8) is 0 Å². The molecule has 4 aromatic rings. The minimum atomic E-state index is -0.556. The van der Waals surface area contributed by atoms with Gasteiger partial charge in [-0.3, -0.25) is 4.79 Å². The molecule has 142 valence electrons. The Kier molecular flexibility index (Phi) is 4.36. The first-order valence-corrected chi connectivity index (χ1v) is 9.15. The Morgan fingerprint density at radius 3 is 2.48 bits per heavy atom. The summed E-state index contributed by atoms with van der Waals surface area (Å²) in [4.78, 5) is 23.3. The van der Waals surface area contributed by atoms with Gasteiger partial charge < -0.3 is 10.7 Å². The molecule has 0 saturated carbocycles. The first-order chi connectivity index (χ1) is 13.9. The first-order valence-electron chi connectivity index (χ1n) is 9.15. The molecule has 0 unspecified atom stereocenters. The number of nitriles is 1. The zero-order valence-electron chi connectivity index (χ0n) is 16.1. The lowest BCUT2D eigenvalue weighted by atomic mass is 9.86. The number of nitrogens with one attached hydrogen (secondary N) is 1. The molecule has 2 aromatic heterocycles. The van der Waals surface area contributed by atoms with Gasteiger partial charge in [0.15, 0.2) is 0 Å². The molecule has 2 heterocycles. The molecule has 0 atom stereocenters. The Bertz CT molecular complexity index is 1310. The van der Waals surface area contributed by atoms with Gasteiger partial charge in [0.2, 0.25) is 5.56 Å². The Morgan fingerprint density at radius 1 is 1.03 bits per heavy atom. The van der Waals surface area contributed by atoms with E-state index in [0.717, 1.165) is 27.5 Å². The van der Waals surface area contributed by atoms with Crippen molar-refractivity contribution in [2.75, 3.05) is 5.73 Å². The van der Waals surface area contributed by atoms with Crippen LogP contribution in [0, 0.1) is 11.3 Å². The number of nitrogen functional groups attached to an aromatic ring is 1. The zero-order chi connectivity index (χ0) is 20.6. The predicted molar refractivity (Wildman–Crippen MR) is 114 cm³/mol. The van der Waals surface area contributed by atoms with Crippen molar-refractivity contribution < 1.29 is 0 Å². The van der Waals surface area contributed by atoms with Crippen molar-refractivity contribution in [2.45, 2.75) is 19.3 Å². The van der Waals surface area contributed by atoms with E-state index < -0.39 is 5.41 Å². The fourth-order valence-electron chi connectivity index (χ4n) is 3.18. The number of hydrogen-bond donors (Lipinski definition) is 2. The number of benzene rings is 2. The molecule has 2 aromatic carbocycles. The van der Waals surface area contributed by atoms with Crippen LogP contribution in [-0.2, 0) is 5.41 Å². The van der Waals surface area contributed by atoms with Gasteiger partial charge >= 0.3 is 0 Å². The summed E-state index contributed by atoms with van der Waals surface area (Å²) >= 11 is 0. The van der Waals surface area contributed by atoms with E-state index >= 15 is 0 Å². The van der Waals surface area contributed by atoms with Crippen LogP contribution in [0.2, 0.25) is 0 Å². The molecule has 0 aliphatic heterocycles. The molecule has 0 fully saturated rings. The van der Waals surface area contributed by atoms with E-state index in [2.05, 4.69) is 16.0 Å². The highest BCUT2D eigenvalue weighted by molar-refractivity contribution is 5.87. The highest BCUT2D eigenvalue weighted by atomic mass is 16.1. The largest absolute Gasteiger partial charge is 0.382 e. The van der Waals surface area contributed by atoms with Crippen LogP contribution in [0.4, 0.5) is 5.82 Å². The normalized spacial score (nSPS) is 11.3. The van der Waals surface area contributed by atoms with Crippen LogP contribution in [0.1, 0.15) is 19.4 Å². The number of pyridine rings is 1. The molecule has 0 aliphatic carbocycles. The third-order valence-corrected chi connectivity index (χ3v) is 5.00. The zero-order valence-corrected chi connectivity index (χ0v) is 16.1. The van der Waals surface area contributed by atoms with Crippen LogP contribution in [0.3, 0.4) is 0 Å². The number of nitrogens with zero attached hydrogens (tertiary/aromatic N) is 3. The summed E-state index contributed by atoms with van der Waals surface area (Å²) < 4.78 is 0. The molecule has 29 heavy (non-hydrogen) atoms. The van der Waals surface area contributed by atoms with E-state index in [1.54, 1.807) is 18.5 Å². The first kappa shape index (κ1) is 18.4. The number of aromatic amines is 1. The number of H-pyrrole nitrogens is 1. The molecular formula is C23H19N5O. The molecule has 0 aliphatic rings. The van der Waals surface area contributed by atoms with Crippen LogP contribution in [0.25, 0.3) is 33.3 Å². The fraction of sp³-hybridized carbons (Fsp3) is 0.130. The highest BCUT2D eigenvalue weighted by Gasteiger charge is 2.19. The number of hydrogen-bond acceptors (Lipinski definition) is 5. The third-order valence-electron chi connectivity index (χ3n) is 5.00. The Balaban J connectivity index is 1.77. The van der Waals surface area contributed by atoms with Gasteiger partial charge in [-0.05, 0) is 36.2 Å². The minimum Gasteiger partial charge on any atom is -0.382 e. The molecule has 6 heteroatoms. The molecule has 3 N–H and O–H groups in total. The molecule has 0 spiro atoms. The van der Waals surface area contributed by atoms with Crippen LogP contribution >= 0.6 is 0 Å². The van der Waals surface area contributed by atoms with E-state index in [9.17, 15) is 10.1 Å². The van der Waals surface area contributed by atoms with E-state index in [1.807, 2.05) is 56.3 Å². The summed E-state index contributed by atoms with van der Waals surface area (Å²) in [5, 5.41) is 11.0. The molecule has 6 nitrogen and oxygen atoms in total. The summed E-state index contributed by atoms with van der Waals surface area (Å²) in [6.45, 7) is 3.77. The monoisotopic (exact) mass is 381 g/mol. The minimum absolute atomic E-state index is 0.164. The lowest BCUT2D eigenvalue weighted by molar-refractivity contribution is 0.687. The van der Waals surface area contributed by atoms with Gasteiger partial charge in [0.05, 0.1) is 23.4 Å². The van der Waals surface area contributed by atoms with Crippen molar-refractivity contribution >= 4 is 16.6 Å². The molecule has 4 rings (SSSR count). The summed E-state index contributed by atoms with van der Waals surface area (Å²) in [6, 6.07) is 17.3. The summed E-state index contributed by atoms with van der Waals surface area (Å²) in [5.74, 6) is 0.320. The molecule has 0 amide bonds. The smallest absolute Gasteiger partial charge is 0.248 e. The molecular weight excluding hydrogens is 362 g/mol. The fourth-order valence-corrected chi connectivity index (χ4v) is 3.18. The highest BCUT2D eigenvalue weighted by Crippen LogP contribution is 2.29. The van der Waals surface area contributed by atoms with E-state index in [1.165, 1.54) is 0 Å². The van der Waals surface area contributed by atoms with Crippen LogP contribution < -0.4 is 11.3 Å². The SMILES string of the molecule is CC(C)(C#N)c1ccc(-c2cnc(N)c(-c3ccc4c[nH]c(=O)cc4c3)n2)cc1. The number of fused-ring (bicyclic) bond motifs is 1. The van der Waals surface area contributed by atoms with E-state index in [0.29, 0.717) is 17.2 Å². The second kappa shape index (κ2) is 6.88. The Labute approximate surface area is 167 Å². The quantitative estimate of drug-likeness (QED) is 0.557. The van der Waals surface area contributed by atoms with Gasteiger partial charge in [0.1, 0.15) is 11.5 Å². The van der Waals surface area contributed by atoms with Crippen LogP contribution in [0.5, 0.6) is 0 Å². The molecule has 0 radical (unpaired) electrons. The molecule has 0 bridgehead atoms. The van der Waals surface area contributed by atoms with Gasteiger partial charge in [-0.15, -0.1) is 0 Å². The lowest BCUT2D eigenvalue weighted by Gasteiger charge is -2.16. The van der Waals surface area contributed by atoms with Gasteiger partial charge in [-0.1, -0.05) is 36.4 Å². The maximum atomic E-state index is 11.6. The maximum Gasteiger partial charge on any atom is 0.248 e. The lowest BCUT2D eigenvalue weighted by Crippen LogP contribution is -2.13. The summed E-state index contributed by atoms with van der Waals surface area (Å²) in [7, 11) is 0. The van der Waals surface area contributed by atoms with Crippen molar-refractivity contribution in [2.24, 2.45) is 0 Å². The van der Waals surface area contributed by atoms with Gasteiger partial charge in [-0.25, -0.2) is 9.97 Å². The number of rotatable bonds is 3. The van der Waals surface area contributed by atoms with Gasteiger partial charge in [0.25, 0.3) is 0 Å². The number of nitrogens with two attached hydrogens (primary N) is 1. The van der Waals surface area contributed by atoms with Crippen molar-refractivity contribution in [3.05, 3.63) is 76.8 Å². The van der Waals surface area contributed by atoms with Crippen molar-refractivity contribution in [1.29, 1.82) is 5.26 Å². The third kappa shape index (κ3) is 3.46. The van der Waals surface area contributed by atoms with Crippen LogP contribution in [0.15, 0.2) is 65.7 Å². The second-order valence-electron chi connectivity index (χ2n) is 7.44. The summed E-state index contributed by atoms with van der Waals surface area (Å²) in [6.07, 6.45) is 3.31. The van der Waals surface area contributed by atoms with E-state index in [-0.39, 0.29) is 5.56 Å². The van der Waals surface area contributed by atoms with Crippen molar-refractivity contribution in [3.8, 4) is 28.6 Å². The summed E-state index contributed by atoms with van der Waals surface area (Å²) in [5.41, 5.74) is 9.23. The molecule has 0 saturated heterocycles. The second-order valence-corrected chi connectivity index (χ2v) is 7.44. The predicted octanol–water partition coefficient (Wildman–Crippen LogP) is 4.04. The van der Waals surface area contributed by atoms with Gasteiger partial charge in [-0.2, -0.15) is 5.26 Å².